The third-order valence-corrected chi connectivity index (χ3v) is 3.44. The zero-order chi connectivity index (χ0) is 12.0. The van der Waals surface area contributed by atoms with Gasteiger partial charge in [0.15, 0.2) is 0 Å². The van der Waals surface area contributed by atoms with Crippen LogP contribution < -0.4 is 0 Å². The van der Waals surface area contributed by atoms with Gasteiger partial charge in [-0.3, -0.25) is 9.69 Å². The van der Waals surface area contributed by atoms with E-state index < -0.39 is 0 Å². The normalized spacial score (nSPS) is 27.0. The van der Waals surface area contributed by atoms with Gasteiger partial charge in [-0.1, -0.05) is 13.0 Å². The standard InChI is InChI=1S/C13H23NO2/c1-4-5-9-16-10-8-14-7-6-13(15)11(2)12(14)3/h4,11-12H,1,5-10H2,2-3H3. The molecule has 0 aliphatic carbocycles. The van der Waals surface area contributed by atoms with Gasteiger partial charge in [-0.25, -0.2) is 0 Å². The topological polar surface area (TPSA) is 29.5 Å². The van der Waals surface area contributed by atoms with Crippen molar-refractivity contribution < 1.29 is 9.53 Å². The third-order valence-electron chi connectivity index (χ3n) is 3.44. The maximum Gasteiger partial charge on any atom is 0.138 e. The molecule has 2 atom stereocenters. The molecule has 1 saturated heterocycles. The van der Waals surface area contributed by atoms with E-state index in [1.54, 1.807) is 0 Å². The van der Waals surface area contributed by atoms with E-state index in [4.69, 9.17) is 4.74 Å². The summed E-state index contributed by atoms with van der Waals surface area (Å²) in [5, 5.41) is 0. The van der Waals surface area contributed by atoms with Gasteiger partial charge in [-0.15, -0.1) is 6.58 Å². The van der Waals surface area contributed by atoms with Crippen molar-refractivity contribution in [2.75, 3.05) is 26.3 Å². The van der Waals surface area contributed by atoms with Crippen LogP contribution in [-0.2, 0) is 9.53 Å². The molecule has 1 aliphatic rings. The molecule has 1 fully saturated rings. The molecule has 0 bridgehead atoms. The van der Waals surface area contributed by atoms with Gasteiger partial charge in [0.25, 0.3) is 0 Å². The lowest BCUT2D eigenvalue weighted by molar-refractivity contribution is -0.128. The number of piperidine rings is 1. The SMILES string of the molecule is C=CCCOCCN1CCC(=O)C(C)C1C. The number of hydrogen-bond donors (Lipinski definition) is 0. The van der Waals surface area contributed by atoms with E-state index in [-0.39, 0.29) is 5.92 Å². The Morgan fingerprint density at radius 2 is 2.25 bits per heavy atom. The predicted octanol–water partition coefficient (Wildman–Crippen LogP) is 1.88. The number of ketones is 1. The minimum atomic E-state index is 0.168. The highest BCUT2D eigenvalue weighted by atomic mass is 16.5. The van der Waals surface area contributed by atoms with Crippen molar-refractivity contribution in [3.8, 4) is 0 Å². The zero-order valence-electron chi connectivity index (χ0n) is 10.4. The average Bonchev–Trinajstić information content (AvgIpc) is 2.28. The van der Waals surface area contributed by atoms with Crippen LogP contribution in [0, 0.1) is 5.92 Å². The number of nitrogens with zero attached hydrogens (tertiary/aromatic N) is 1. The maximum absolute atomic E-state index is 11.5. The largest absolute Gasteiger partial charge is 0.380 e. The molecule has 1 heterocycles. The first kappa shape index (κ1) is 13.4. The molecular formula is C13H23NO2. The lowest BCUT2D eigenvalue weighted by Gasteiger charge is -2.36. The Balaban J connectivity index is 2.21. The molecule has 92 valence electrons. The summed E-state index contributed by atoms with van der Waals surface area (Å²) < 4.78 is 5.49. The summed E-state index contributed by atoms with van der Waals surface area (Å²) in [6.07, 6.45) is 3.47. The molecule has 0 aromatic carbocycles. The fraction of sp³-hybridized carbons (Fsp3) is 0.769. The second kappa shape index (κ2) is 6.81. The van der Waals surface area contributed by atoms with Gasteiger partial charge >= 0.3 is 0 Å². The number of carbonyl (C=O) groups excluding carboxylic acids is 1. The Morgan fingerprint density at radius 1 is 1.50 bits per heavy atom. The number of Topliss-reactive ketones (excluding diaryl/α,β-unsaturated/α-hetero) is 1. The molecular weight excluding hydrogens is 202 g/mol. The van der Waals surface area contributed by atoms with Gasteiger partial charge in [0.05, 0.1) is 13.2 Å². The van der Waals surface area contributed by atoms with Gasteiger partial charge in [0.1, 0.15) is 5.78 Å². The van der Waals surface area contributed by atoms with Gasteiger partial charge in [0, 0.05) is 31.5 Å². The van der Waals surface area contributed by atoms with E-state index in [9.17, 15) is 4.79 Å². The first-order valence-electron chi connectivity index (χ1n) is 6.12. The van der Waals surface area contributed by atoms with E-state index >= 15 is 0 Å². The molecule has 3 heteroatoms. The van der Waals surface area contributed by atoms with Crippen LogP contribution in [0.3, 0.4) is 0 Å². The van der Waals surface area contributed by atoms with Crippen LogP contribution >= 0.6 is 0 Å². The first-order chi connectivity index (χ1) is 7.66. The minimum Gasteiger partial charge on any atom is -0.380 e. The molecule has 0 amide bonds. The monoisotopic (exact) mass is 225 g/mol. The van der Waals surface area contributed by atoms with Crippen molar-refractivity contribution >= 4 is 5.78 Å². The second-order valence-electron chi connectivity index (χ2n) is 4.47. The summed E-state index contributed by atoms with van der Waals surface area (Å²) in [6, 6.07) is 0.351. The smallest absolute Gasteiger partial charge is 0.138 e. The quantitative estimate of drug-likeness (QED) is 0.510. The van der Waals surface area contributed by atoms with Gasteiger partial charge in [-0.05, 0) is 13.3 Å². The van der Waals surface area contributed by atoms with Crippen molar-refractivity contribution in [1.29, 1.82) is 0 Å². The number of ether oxygens (including phenoxy) is 1. The molecule has 16 heavy (non-hydrogen) atoms. The van der Waals surface area contributed by atoms with Crippen molar-refractivity contribution in [3.63, 3.8) is 0 Å². The Bertz CT molecular complexity index is 240. The fourth-order valence-corrected chi connectivity index (χ4v) is 2.04. The molecule has 3 nitrogen and oxygen atoms in total. The van der Waals surface area contributed by atoms with Crippen LogP contribution in [0.1, 0.15) is 26.7 Å². The number of carbonyl (C=O) groups is 1. The highest BCUT2D eigenvalue weighted by Crippen LogP contribution is 2.19. The average molecular weight is 225 g/mol. The molecule has 1 rings (SSSR count). The van der Waals surface area contributed by atoms with Crippen LogP contribution in [0.2, 0.25) is 0 Å². The number of rotatable bonds is 6. The summed E-state index contributed by atoms with van der Waals surface area (Å²) in [5.41, 5.74) is 0. The van der Waals surface area contributed by atoms with Crippen molar-refractivity contribution in [3.05, 3.63) is 12.7 Å². The van der Waals surface area contributed by atoms with Crippen molar-refractivity contribution in [2.45, 2.75) is 32.7 Å². The van der Waals surface area contributed by atoms with Crippen LogP contribution in [0.15, 0.2) is 12.7 Å². The molecule has 0 saturated carbocycles. The van der Waals surface area contributed by atoms with Crippen LogP contribution in [0.4, 0.5) is 0 Å². The summed E-state index contributed by atoms with van der Waals surface area (Å²) in [5.74, 6) is 0.568. The van der Waals surface area contributed by atoms with Crippen LogP contribution in [0.5, 0.6) is 0 Å². The van der Waals surface area contributed by atoms with Crippen LogP contribution in [0.25, 0.3) is 0 Å². The molecule has 0 N–H and O–H groups in total. The highest BCUT2D eigenvalue weighted by Gasteiger charge is 2.30. The lowest BCUT2D eigenvalue weighted by Crippen LogP contribution is -2.47. The number of likely N-dealkylation sites (tertiary alicyclic amines) is 1. The predicted molar refractivity (Wildman–Crippen MR) is 65.5 cm³/mol. The van der Waals surface area contributed by atoms with E-state index in [1.807, 2.05) is 13.0 Å². The molecule has 0 spiro atoms. The Kier molecular flexibility index (Phi) is 5.71. The number of hydrogen-bond acceptors (Lipinski definition) is 3. The fourth-order valence-electron chi connectivity index (χ4n) is 2.04. The lowest BCUT2D eigenvalue weighted by atomic mass is 9.91. The molecule has 0 radical (unpaired) electrons. The van der Waals surface area contributed by atoms with E-state index in [0.29, 0.717) is 18.2 Å². The summed E-state index contributed by atoms with van der Waals surface area (Å²) in [7, 11) is 0. The maximum atomic E-state index is 11.5. The van der Waals surface area contributed by atoms with Gasteiger partial charge < -0.3 is 4.74 Å². The second-order valence-corrected chi connectivity index (χ2v) is 4.47. The van der Waals surface area contributed by atoms with E-state index in [0.717, 1.165) is 32.7 Å². The third kappa shape index (κ3) is 3.72. The van der Waals surface area contributed by atoms with Gasteiger partial charge in [-0.2, -0.15) is 0 Å². The van der Waals surface area contributed by atoms with E-state index in [2.05, 4.69) is 18.4 Å². The van der Waals surface area contributed by atoms with Crippen molar-refractivity contribution in [1.82, 2.24) is 4.90 Å². The highest BCUT2D eigenvalue weighted by molar-refractivity contribution is 5.82. The molecule has 2 unspecified atom stereocenters. The molecule has 1 aliphatic heterocycles. The molecule has 0 aromatic rings. The van der Waals surface area contributed by atoms with E-state index in [1.165, 1.54) is 0 Å². The zero-order valence-corrected chi connectivity index (χ0v) is 10.4. The summed E-state index contributed by atoms with van der Waals surface area (Å²) in [4.78, 5) is 13.8. The van der Waals surface area contributed by atoms with Crippen molar-refractivity contribution in [2.24, 2.45) is 5.92 Å². The summed E-state index contributed by atoms with van der Waals surface area (Å²) >= 11 is 0. The van der Waals surface area contributed by atoms with Gasteiger partial charge in [0.2, 0.25) is 0 Å². The van der Waals surface area contributed by atoms with Crippen LogP contribution in [-0.4, -0.2) is 43.0 Å². The summed E-state index contributed by atoms with van der Waals surface area (Å²) in [6.45, 7) is 11.1. The molecule has 0 aromatic heterocycles. The Labute approximate surface area is 98.5 Å². The minimum absolute atomic E-state index is 0.168. The first-order valence-corrected chi connectivity index (χ1v) is 6.12. The Hall–Kier alpha value is -0.670. The Morgan fingerprint density at radius 3 is 2.94 bits per heavy atom.